The van der Waals surface area contributed by atoms with Crippen LogP contribution in [0.25, 0.3) is 10.9 Å². The fourth-order valence-electron chi connectivity index (χ4n) is 4.96. The Labute approximate surface area is 175 Å². The van der Waals surface area contributed by atoms with Crippen LogP contribution >= 0.6 is 0 Å². The minimum Gasteiger partial charge on any atom is -0.367 e. The molecule has 0 aromatic carbocycles. The summed E-state index contributed by atoms with van der Waals surface area (Å²) < 4.78 is 0. The van der Waals surface area contributed by atoms with Crippen LogP contribution in [0.2, 0.25) is 0 Å². The van der Waals surface area contributed by atoms with E-state index in [2.05, 4.69) is 42.9 Å². The zero-order valence-electron chi connectivity index (χ0n) is 17.1. The zero-order chi connectivity index (χ0) is 20.5. The van der Waals surface area contributed by atoms with E-state index in [0.717, 1.165) is 66.5 Å². The molecule has 3 atom stereocenters. The molecule has 5 rings (SSSR count). The molecular weight excluding hydrogens is 376 g/mol. The summed E-state index contributed by atoms with van der Waals surface area (Å²) in [5.74, 6) is 3.77. The molecule has 3 N–H and O–H groups in total. The highest BCUT2D eigenvalue weighted by atomic mass is 15.2. The molecule has 0 spiro atoms. The van der Waals surface area contributed by atoms with Crippen molar-refractivity contribution in [1.82, 2.24) is 25.1 Å². The molecule has 30 heavy (non-hydrogen) atoms. The Morgan fingerprint density at radius 1 is 1.23 bits per heavy atom. The lowest BCUT2D eigenvalue weighted by Gasteiger charge is -2.20. The number of aromatic nitrogens is 4. The van der Waals surface area contributed by atoms with Crippen LogP contribution in [0, 0.1) is 30.1 Å². The molecule has 1 aliphatic heterocycles. The molecule has 1 saturated heterocycles. The second-order valence-corrected chi connectivity index (χ2v) is 8.49. The first-order valence-electron chi connectivity index (χ1n) is 10.6. The number of nitrogens with zero attached hydrogens (tertiary/aromatic N) is 5. The predicted molar refractivity (Wildman–Crippen MR) is 116 cm³/mol. The smallest absolute Gasteiger partial charge is 0.153 e. The summed E-state index contributed by atoms with van der Waals surface area (Å²) in [5.41, 5.74) is 1.90. The molecule has 2 fully saturated rings. The maximum absolute atomic E-state index is 8.83. The predicted octanol–water partition coefficient (Wildman–Crippen LogP) is 3.44. The molecule has 1 aliphatic carbocycles. The van der Waals surface area contributed by atoms with E-state index >= 15 is 0 Å². The summed E-state index contributed by atoms with van der Waals surface area (Å²) >= 11 is 0. The third-order valence-electron chi connectivity index (χ3n) is 6.27. The first kappa shape index (κ1) is 18.8. The number of nitrogens with one attached hydrogen (secondary N) is 3. The number of nitriles is 1. The number of likely N-dealkylation sites (tertiary alicyclic amines) is 1. The van der Waals surface area contributed by atoms with Gasteiger partial charge in [-0.1, -0.05) is 0 Å². The van der Waals surface area contributed by atoms with E-state index in [1.165, 1.54) is 0 Å². The van der Waals surface area contributed by atoms with Crippen molar-refractivity contribution in [2.45, 2.75) is 32.2 Å². The zero-order valence-corrected chi connectivity index (χ0v) is 17.1. The van der Waals surface area contributed by atoms with Gasteiger partial charge >= 0.3 is 0 Å². The number of pyridine rings is 2. The number of aryl methyl sites for hydroxylation is 1. The Balaban J connectivity index is 1.33. The highest BCUT2D eigenvalue weighted by Gasteiger charge is 2.40. The van der Waals surface area contributed by atoms with Crippen molar-refractivity contribution in [2.75, 3.05) is 30.3 Å². The van der Waals surface area contributed by atoms with Crippen LogP contribution in [0.15, 0.2) is 30.5 Å². The van der Waals surface area contributed by atoms with Crippen LogP contribution in [0.4, 0.5) is 17.5 Å². The van der Waals surface area contributed by atoms with Crippen LogP contribution in [-0.2, 0) is 0 Å². The van der Waals surface area contributed by atoms with Gasteiger partial charge in [0.2, 0.25) is 0 Å². The number of aromatic amines is 1. The van der Waals surface area contributed by atoms with E-state index in [4.69, 9.17) is 10.2 Å². The Morgan fingerprint density at radius 2 is 2.07 bits per heavy atom. The third-order valence-corrected chi connectivity index (χ3v) is 6.27. The molecule has 3 aromatic heterocycles. The number of H-pyrrole nitrogens is 1. The van der Waals surface area contributed by atoms with E-state index in [1.807, 2.05) is 31.3 Å². The number of rotatable bonds is 6. The molecule has 1 unspecified atom stereocenters. The molecule has 0 amide bonds. The first-order chi connectivity index (χ1) is 14.7. The van der Waals surface area contributed by atoms with Crippen LogP contribution in [0.5, 0.6) is 0 Å². The highest BCUT2D eigenvalue weighted by molar-refractivity contribution is 5.91. The standard InChI is InChI=1S/C22H26N8/c1-14-8-21(29-28-14)26-20-11-19-18(4-2-6-24-19)22(27-20)25-17-9-15-12-30(7-3-5-23)13-16(15)10-17/h2,4,6,8,11,15-17H,3,7,9-10,12-13H2,1H3,(H3,25,26,27,28,29)/t15-,16+,17?. The third kappa shape index (κ3) is 3.81. The van der Waals surface area contributed by atoms with E-state index in [9.17, 15) is 0 Å². The van der Waals surface area contributed by atoms with Crippen molar-refractivity contribution >= 4 is 28.4 Å². The average Bonchev–Trinajstić information content (AvgIpc) is 3.41. The SMILES string of the molecule is Cc1cc(Nc2cc3ncccc3c(NC3C[C@@H]4CN(CCC#N)C[C@@H]4C3)n2)n[nH]1. The van der Waals surface area contributed by atoms with E-state index < -0.39 is 0 Å². The molecule has 0 bridgehead atoms. The summed E-state index contributed by atoms with van der Waals surface area (Å²) in [5, 5.41) is 24.1. The maximum Gasteiger partial charge on any atom is 0.153 e. The number of hydrogen-bond acceptors (Lipinski definition) is 7. The largest absolute Gasteiger partial charge is 0.367 e. The summed E-state index contributed by atoms with van der Waals surface area (Å²) in [6.45, 7) is 5.10. The van der Waals surface area contributed by atoms with Crippen LogP contribution in [-0.4, -0.2) is 50.7 Å². The molecule has 1 saturated carbocycles. The van der Waals surface area contributed by atoms with Gasteiger partial charge < -0.3 is 15.5 Å². The fourth-order valence-corrected chi connectivity index (χ4v) is 4.96. The monoisotopic (exact) mass is 402 g/mol. The molecule has 0 radical (unpaired) electrons. The molecule has 8 heteroatoms. The van der Waals surface area contributed by atoms with Gasteiger partial charge in [-0.25, -0.2) is 4.98 Å². The average molecular weight is 403 g/mol. The van der Waals surface area contributed by atoms with Gasteiger partial charge in [-0.05, 0) is 43.7 Å². The van der Waals surface area contributed by atoms with Gasteiger partial charge in [0.1, 0.15) is 11.6 Å². The van der Waals surface area contributed by atoms with Crippen molar-refractivity contribution in [1.29, 1.82) is 5.26 Å². The molecule has 2 aliphatic rings. The van der Waals surface area contributed by atoms with Gasteiger partial charge in [0.05, 0.1) is 11.6 Å². The van der Waals surface area contributed by atoms with Gasteiger partial charge in [-0.3, -0.25) is 10.1 Å². The van der Waals surface area contributed by atoms with Crippen LogP contribution < -0.4 is 10.6 Å². The fraction of sp³-hybridized carbons (Fsp3) is 0.455. The second kappa shape index (κ2) is 7.92. The summed E-state index contributed by atoms with van der Waals surface area (Å²) in [6, 6.07) is 10.6. The van der Waals surface area contributed by atoms with Crippen molar-refractivity contribution in [3.05, 3.63) is 36.2 Å². The normalized spacial score (nSPS) is 23.4. The Bertz CT molecular complexity index is 1070. The topological polar surface area (TPSA) is 106 Å². The van der Waals surface area contributed by atoms with Crippen molar-refractivity contribution in [3.8, 4) is 6.07 Å². The number of fused-ring (bicyclic) bond motifs is 2. The molecule has 8 nitrogen and oxygen atoms in total. The minimum atomic E-state index is 0.414. The van der Waals surface area contributed by atoms with Gasteiger partial charge in [0.25, 0.3) is 0 Å². The van der Waals surface area contributed by atoms with E-state index in [1.54, 1.807) is 0 Å². The van der Waals surface area contributed by atoms with Crippen LogP contribution in [0.1, 0.15) is 25.0 Å². The lowest BCUT2D eigenvalue weighted by molar-refractivity contribution is 0.316. The molecule has 3 aromatic rings. The summed E-state index contributed by atoms with van der Waals surface area (Å²) in [7, 11) is 0. The quantitative estimate of drug-likeness (QED) is 0.580. The minimum absolute atomic E-state index is 0.414. The molecule has 154 valence electrons. The molecular formula is C22H26N8. The summed E-state index contributed by atoms with van der Waals surface area (Å²) in [6.07, 6.45) is 4.73. The van der Waals surface area contributed by atoms with Crippen molar-refractivity contribution in [3.63, 3.8) is 0 Å². The van der Waals surface area contributed by atoms with E-state index in [0.29, 0.717) is 24.3 Å². The van der Waals surface area contributed by atoms with Gasteiger partial charge in [0, 0.05) is 61.5 Å². The van der Waals surface area contributed by atoms with E-state index in [-0.39, 0.29) is 0 Å². The van der Waals surface area contributed by atoms with Gasteiger partial charge in [-0.15, -0.1) is 0 Å². The first-order valence-corrected chi connectivity index (χ1v) is 10.6. The van der Waals surface area contributed by atoms with Gasteiger partial charge in [0.15, 0.2) is 5.82 Å². The highest BCUT2D eigenvalue weighted by Crippen LogP contribution is 2.39. The number of anilines is 3. The lowest BCUT2D eigenvalue weighted by Crippen LogP contribution is -2.26. The van der Waals surface area contributed by atoms with Gasteiger partial charge in [-0.2, -0.15) is 10.4 Å². The summed E-state index contributed by atoms with van der Waals surface area (Å²) in [4.78, 5) is 11.8. The molecule has 4 heterocycles. The Kier molecular flexibility index (Phi) is 4.97. The van der Waals surface area contributed by atoms with Crippen LogP contribution in [0.3, 0.4) is 0 Å². The maximum atomic E-state index is 8.83. The van der Waals surface area contributed by atoms with Crippen molar-refractivity contribution < 1.29 is 0 Å². The Morgan fingerprint density at radius 3 is 2.80 bits per heavy atom. The number of hydrogen-bond donors (Lipinski definition) is 3. The van der Waals surface area contributed by atoms with Crippen molar-refractivity contribution in [2.24, 2.45) is 11.8 Å². The Hall–Kier alpha value is -3.18. The second-order valence-electron chi connectivity index (χ2n) is 8.49. The lowest BCUT2D eigenvalue weighted by atomic mass is 10.0.